The number of aliphatic hydroxyl groups is 1. The number of aliphatic hydroxyl groups excluding tert-OH is 1. The van der Waals surface area contributed by atoms with E-state index >= 15 is 0 Å². The average molecular weight is 352 g/mol. The van der Waals surface area contributed by atoms with Crippen molar-refractivity contribution in [1.82, 2.24) is 10.2 Å². The number of rotatable bonds is 12. The maximum atomic E-state index is 11.4. The minimum absolute atomic E-state index is 0.0614. The van der Waals surface area contributed by atoms with Crippen molar-refractivity contribution in [2.24, 2.45) is 0 Å². The lowest BCUT2D eigenvalue weighted by Crippen LogP contribution is -2.48. The Balaban J connectivity index is 4.57. The van der Waals surface area contributed by atoms with Gasteiger partial charge in [0.2, 0.25) is 5.91 Å². The van der Waals surface area contributed by atoms with Crippen molar-refractivity contribution >= 4 is 35.6 Å². The third-order valence-electron chi connectivity index (χ3n) is 2.51. The van der Waals surface area contributed by atoms with Gasteiger partial charge < -0.3 is 25.7 Å². The highest BCUT2D eigenvalue weighted by Gasteiger charge is 2.29. The van der Waals surface area contributed by atoms with Crippen LogP contribution in [0.2, 0.25) is 0 Å². The molecule has 0 bridgehead atoms. The van der Waals surface area contributed by atoms with E-state index in [1.54, 1.807) is 0 Å². The van der Waals surface area contributed by atoms with Crippen LogP contribution in [0, 0.1) is 0 Å². The molecule has 23 heavy (non-hydrogen) atoms. The van der Waals surface area contributed by atoms with E-state index in [2.05, 4.69) is 5.32 Å². The fourth-order valence-electron chi connectivity index (χ4n) is 1.53. The average Bonchev–Trinajstić information content (AvgIpc) is 2.39. The summed E-state index contributed by atoms with van der Waals surface area (Å²) in [7, 11) is 0. The normalized spacial score (nSPS) is 13.3. The fraction of sp³-hybridized carbons (Fsp3) is 0.667. The Morgan fingerprint density at radius 1 is 1.09 bits per heavy atom. The summed E-state index contributed by atoms with van der Waals surface area (Å²) in [4.78, 5) is 44.9. The number of aliphatic carboxylic acids is 3. The number of nitrogens with one attached hydrogen (secondary N) is 1. The van der Waals surface area contributed by atoms with E-state index in [1.807, 2.05) is 0 Å². The molecule has 10 nitrogen and oxygen atoms in total. The predicted molar refractivity (Wildman–Crippen MR) is 80.3 cm³/mol. The molecule has 1 amide bonds. The summed E-state index contributed by atoms with van der Waals surface area (Å²) in [6.07, 6.45) is -0.711. The molecule has 0 radical (unpaired) electrons. The van der Waals surface area contributed by atoms with Crippen LogP contribution in [0.25, 0.3) is 0 Å². The van der Waals surface area contributed by atoms with Crippen molar-refractivity contribution in [2.45, 2.75) is 19.1 Å². The largest absolute Gasteiger partial charge is 0.480 e. The van der Waals surface area contributed by atoms with E-state index in [1.165, 1.54) is 6.92 Å². The first-order valence-electron chi connectivity index (χ1n) is 6.56. The summed E-state index contributed by atoms with van der Waals surface area (Å²) in [6, 6.07) is -1.35. The first-order valence-corrected chi connectivity index (χ1v) is 7.71. The van der Waals surface area contributed by atoms with Crippen molar-refractivity contribution in [1.29, 1.82) is 0 Å². The van der Waals surface area contributed by atoms with Crippen molar-refractivity contribution in [3.05, 3.63) is 0 Å². The van der Waals surface area contributed by atoms with E-state index in [0.29, 0.717) is 0 Å². The number of hydrogen-bond acceptors (Lipinski definition) is 7. The van der Waals surface area contributed by atoms with Gasteiger partial charge in [0, 0.05) is 12.3 Å². The summed E-state index contributed by atoms with van der Waals surface area (Å²) in [5.41, 5.74) is 0. The number of nitrogens with zero attached hydrogens (tertiary/aromatic N) is 1. The molecule has 0 saturated carbocycles. The lowest BCUT2D eigenvalue weighted by molar-refractivity contribution is -0.148. The first kappa shape index (κ1) is 21.1. The smallest absolute Gasteiger partial charge is 0.321 e. The second kappa shape index (κ2) is 10.8. The molecule has 0 saturated heterocycles. The van der Waals surface area contributed by atoms with E-state index in [0.717, 1.165) is 16.7 Å². The van der Waals surface area contributed by atoms with Gasteiger partial charge in [0.15, 0.2) is 0 Å². The van der Waals surface area contributed by atoms with Crippen LogP contribution in [0.3, 0.4) is 0 Å². The topological polar surface area (TPSA) is 164 Å². The summed E-state index contributed by atoms with van der Waals surface area (Å²) in [6.45, 7) is 0.0750. The molecular weight excluding hydrogens is 332 g/mol. The number of carbonyl (C=O) groups excluding carboxylic acids is 1. The Morgan fingerprint density at radius 2 is 1.61 bits per heavy atom. The van der Waals surface area contributed by atoms with Gasteiger partial charge in [-0.15, -0.1) is 11.8 Å². The summed E-state index contributed by atoms with van der Waals surface area (Å²) in [5.74, 6) is -4.73. The van der Waals surface area contributed by atoms with Crippen LogP contribution in [0.15, 0.2) is 0 Å². The van der Waals surface area contributed by atoms with Crippen LogP contribution in [0.4, 0.5) is 0 Å². The van der Waals surface area contributed by atoms with Gasteiger partial charge in [-0.25, -0.2) is 0 Å². The van der Waals surface area contributed by atoms with E-state index in [-0.39, 0.29) is 18.1 Å². The van der Waals surface area contributed by atoms with Crippen molar-refractivity contribution in [2.75, 3.05) is 31.1 Å². The fourth-order valence-corrected chi connectivity index (χ4v) is 2.51. The van der Waals surface area contributed by atoms with Gasteiger partial charge in [-0.05, 0) is 6.92 Å². The molecule has 0 heterocycles. The predicted octanol–water partition coefficient (Wildman–Crippen LogP) is -1.86. The summed E-state index contributed by atoms with van der Waals surface area (Å²) >= 11 is 0.930. The summed E-state index contributed by atoms with van der Waals surface area (Å²) in [5, 5.41) is 38.0. The van der Waals surface area contributed by atoms with Crippen LogP contribution >= 0.6 is 11.8 Å². The highest BCUT2D eigenvalue weighted by molar-refractivity contribution is 8.00. The van der Waals surface area contributed by atoms with Crippen LogP contribution < -0.4 is 5.32 Å². The van der Waals surface area contributed by atoms with Gasteiger partial charge in [0.25, 0.3) is 0 Å². The number of thioether (sulfide) groups is 1. The Bertz CT molecular complexity index is 427. The molecule has 132 valence electrons. The van der Waals surface area contributed by atoms with E-state index < -0.39 is 49.1 Å². The van der Waals surface area contributed by atoms with Crippen molar-refractivity contribution in [3.63, 3.8) is 0 Å². The van der Waals surface area contributed by atoms with Crippen LogP contribution in [0.5, 0.6) is 0 Å². The molecule has 2 atom stereocenters. The van der Waals surface area contributed by atoms with Crippen molar-refractivity contribution < 1.29 is 39.6 Å². The Morgan fingerprint density at radius 3 is 2.00 bits per heavy atom. The molecule has 0 spiro atoms. The van der Waals surface area contributed by atoms with Crippen molar-refractivity contribution in [3.8, 4) is 0 Å². The first-order chi connectivity index (χ1) is 10.6. The number of carbonyl (C=O) groups is 4. The van der Waals surface area contributed by atoms with Gasteiger partial charge in [0.1, 0.15) is 6.04 Å². The van der Waals surface area contributed by atoms with Gasteiger partial charge in [-0.1, -0.05) is 0 Å². The van der Waals surface area contributed by atoms with E-state index in [9.17, 15) is 19.2 Å². The molecule has 5 N–H and O–H groups in total. The molecule has 0 fully saturated rings. The molecule has 0 aromatic heterocycles. The molecule has 2 unspecified atom stereocenters. The monoisotopic (exact) mass is 352 g/mol. The van der Waals surface area contributed by atoms with Crippen LogP contribution in [0.1, 0.15) is 6.92 Å². The quantitative estimate of drug-likeness (QED) is 0.269. The zero-order chi connectivity index (χ0) is 18.0. The van der Waals surface area contributed by atoms with Crippen LogP contribution in [-0.4, -0.2) is 92.4 Å². The Labute approximate surface area is 136 Å². The molecule has 11 heteroatoms. The highest BCUT2D eigenvalue weighted by atomic mass is 32.2. The maximum absolute atomic E-state index is 11.4. The number of carboxylic acids is 3. The molecule has 0 aliphatic heterocycles. The molecule has 0 aromatic rings. The lowest BCUT2D eigenvalue weighted by atomic mass is 10.2. The van der Waals surface area contributed by atoms with Gasteiger partial charge in [-0.2, -0.15) is 0 Å². The van der Waals surface area contributed by atoms with E-state index in [4.69, 9.17) is 20.4 Å². The Kier molecular flexibility index (Phi) is 9.94. The number of carboxylic acid groups (broad SMARTS) is 3. The molecule has 0 aliphatic carbocycles. The minimum atomic E-state index is -1.37. The minimum Gasteiger partial charge on any atom is -0.480 e. The standard InChI is InChI=1S/C12H20N2O8S/c1-7(15)2-13-9(16)6-23-5-8(12(21)22)14(3-10(17)18)4-11(19)20/h7-8,15H,2-6H2,1H3,(H,13,16)(H,17,18)(H,19,20)(H,21,22). The zero-order valence-electron chi connectivity index (χ0n) is 12.5. The van der Waals surface area contributed by atoms with Gasteiger partial charge in [-0.3, -0.25) is 24.1 Å². The number of hydrogen-bond donors (Lipinski definition) is 5. The van der Waals surface area contributed by atoms with Gasteiger partial charge >= 0.3 is 17.9 Å². The van der Waals surface area contributed by atoms with Gasteiger partial charge in [0.05, 0.1) is 24.9 Å². The number of amides is 1. The lowest BCUT2D eigenvalue weighted by Gasteiger charge is -2.25. The third-order valence-corrected chi connectivity index (χ3v) is 3.52. The Hall–Kier alpha value is -1.85. The van der Waals surface area contributed by atoms with Crippen LogP contribution in [-0.2, 0) is 19.2 Å². The molecule has 0 aliphatic rings. The second-order valence-electron chi connectivity index (χ2n) is 4.71. The SMILES string of the molecule is CC(O)CNC(=O)CSCC(C(=O)O)N(CC(=O)O)CC(=O)O. The molecule has 0 rings (SSSR count). The maximum Gasteiger partial charge on any atom is 0.321 e. The molecule has 0 aromatic carbocycles. The molecular formula is C12H20N2O8S. The summed E-state index contributed by atoms with van der Waals surface area (Å²) < 4.78 is 0. The highest BCUT2D eigenvalue weighted by Crippen LogP contribution is 2.10. The second-order valence-corrected chi connectivity index (χ2v) is 5.74. The third kappa shape index (κ3) is 10.5. The zero-order valence-corrected chi connectivity index (χ0v) is 13.3.